The van der Waals surface area contributed by atoms with Gasteiger partial charge < -0.3 is 0 Å². The molecule has 0 saturated carbocycles. The number of rotatable bonds is 4. The molecule has 0 spiro atoms. The second-order valence-electron chi connectivity index (χ2n) is 4.61. The Hall–Kier alpha value is -1.78. The van der Waals surface area contributed by atoms with E-state index in [1.807, 2.05) is 31.2 Å². The zero-order chi connectivity index (χ0) is 13.8. The van der Waals surface area contributed by atoms with Crippen molar-refractivity contribution in [2.24, 2.45) is 5.84 Å². The van der Waals surface area contributed by atoms with E-state index in [1.54, 1.807) is 0 Å². The van der Waals surface area contributed by atoms with E-state index in [0.29, 0.717) is 12.0 Å². The lowest BCUT2D eigenvalue weighted by molar-refractivity contribution is 0.540. The summed E-state index contributed by atoms with van der Waals surface area (Å²) < 4.78 is 26.3. The molecule has 100 valence electrons. The third-order valence-electron chi connectivity index (χ3n) is 3.04. The third kappa shape index (κ3) is 3.59. The Kier molecular flexibility index (Phi) is 4.24. The first-order chi connectivity index (χ1) is 9.08. The quantitative estimate of drug-likeness (QED) is 0.656. The number of hydrazine groups is 1. The highest BCUT2D eigenvalue weighted by Gasteiger charge is 2.11. The zero-order valence-corrected chi connectivity index (χ0v) is 10.7. The average molecular weight is 262 g/mol. The lowest BCUT2D eigenvalue weighted by Crippen LogP contribution is -2.29. The first kappa shape index (κ1) is 13.6. The van der Waals surface area contributed by atoms with Gasteiger partial charge in [-0.2, -0.15) is 0 Å². The minimum absolute atomic E-state index is 0.179. The minimum atomic E-state index is -0.574. The highest BCUT2D eigenvalue weighted by molar-refractivity contribution is 5.27. The number of benzene rings is 2. The van der Waals surface area contributed by atoms with Crippen molar-refractivity contribution in [2.75, 3.05) is 0 Å². The second-order valence-corrected chi connectivity index (χ2v) is 4.61. The molecule has 0 aliphatic heterocycles. The number of hydrogen-bond donors (Lipinski definition) is 2. The molecule has 0 aromatic heterocycles. The van der Waals surface area contributed by atoms with Gasteiger partial charge in [0.25, 0.3) is 0 Å². The van der Waals surface area contributed by atoms with Crippen LogP contribution >= 0.6 is 0 Å². The van der Waals surface area contributed by atoms with Gasteiger partial charge in [0.05, 0.1) is 0 Å². The van der Waals surface area contributed by atoms with E-state index in [4.69, 9.17) is 5.84 Å². The van der Waals surface area contributed by atoms with Crippen LogP contribution in [-0.4, -0.2) is 0 Å². The Morgan fingerprint density at radius 3 is 2.16 bits per heavy atom. The van der Waals surface area contributed by atoms with Crippen LogP contribution in [0.1, 0.15) is 22.7 Å². The summed E-state index contributed by atoms with van der Waals surface area (Å²) in [4.78, 5) is 0. The second kappa shape index (κ2) is 5.91. The van der Waals surface area contributed by atoms with Gasteiger partial charge in [-0.3, -0.25) is 11.3 Å². The normalized spacial score (nSPS) is 12.4. The maximum atomic E-state index is 13.1. The van der Waals surface area contributed by atoms with Crippen LogP contribution in [0.2, 0.25) is 0 Å². The van der Waals surface area contributed by atoms with Gasteiger partial charge in [-0.05, 0) is 36.6 Å². The molecule has 4 heteroatoms. The van der Waals surface area contributed by atoms with Crippen LogP contribution in [0.15, 0.2) is 42.5 Å². The van der Waals surface area contributed by atoms with E-state index in [0.717, 1.165) is 17.2 Å². The largest absolute Gasteiger partial charge is 0.271 e. The summed E-state index contributed by atoms with van der Waals surface area (Å²) in [7, 11) is 0. The molecule has 1 atom stereocenters. The Labute approximate surface area is 111 Å². The van der Waals surface area contributed by atoms with Gasteiger partial charge in [-0.15, -0.1) is 0 Å². The van der Waals surface area contributed by atoms with Crippen molar-refractivity contribution >= 4 is 0 Å². The molecule has 0 radical (unpaired) electrons. The van der Waals surface area contributed by atoms with E-state index in [9.17, 15) is 8.78 Å². The van der Waals surface area contributed by atoms with Crippen LogP contribution in [-0.2, 0) is 6.42 Å². The maximum Gasteiger partial charge on any atom is 0.126 e. The summed E-state index contributed by atoms with van der Waals surface area (Å²) in [6, 6.07) is 11.2. The van der Waals surface area contributed by atoms with E-state index in [2.05, 4.69) is 5.43 Å². The van der Waals surface area contributed by atoms with Gasteiger partial charge in [0.2, 0.25) is 0 Å². The summed E-state index contributed by atoms with van der Waals surface area (Å²) in [5.74, 6) is 4.38. The summed E-state index contributed by atoms with van der Waals surface area (Å²) >= 11 is 0. The van der Waals surface area contributed by atoms with Gasteiger partial charge in [-0.1, -0.05) is 29.8 Å². The van der Waals surface area contributed by atoms with Gasteiger partial charge in [0, 0.05) is 12.1 Å². The topological polar surface area (TPSA) is 38.0 Å². The van der Waals surface area contributed by atoms with E-state index >= 15 is 0 Å². The standard InChI is InChI=1S/C15H16F2N2/c1-10-2-4-12(5-3-10)15(19-18)8-11-6-13(16)9-14(17)7-11/h2-7,9,15,19H,8,18H2,1H3. The SMILES string of the molecule is Cc1ccc(C(Cc2cc(F)cc(F)c2)NN)cc1. The average Bonchev–Trinajstić information content (AvgIpc) is 2.36. The number of hydrogen-bond acceptors (Lipinski definition) is 2. The number of halogens is 2. The monoisotopic (exact) mass is 262 g/mol. The fraction of sp³-hybridized carbons (Fsp3) is 0.200. The molecule has 0 saturated heterocycles. The molecule has 2 aromatic rings. The van der Waals surface area contributed by atoms with Crippen LogP contribution in [0.4, 0.5) is 8.78 Å². The van der Waals surface area contributed by atoms with Crippen LogP contribution < -0.4 is 11.3 Å². The van der Waals surface area contributed by atoms with Crippen LogP contribution in [0, 0.1) is 18.6 Å². The molecular formula is C15H16F2N2. The van der Waals surface area contributed by atoms with Crippen molar-refractivity contribution in [1.29, 1.82) is 0 Å². The summed E-state index contributed by atoms with van der Waals surface area (Å²) in [5.41, 5.74) is 5.38. The molecule has 0 aliphatic rings. The van der Waals surface area contributed by atoms with Gasteiger partial charge >= 0.3 is 0 Å². The fourth-order valence-electron chi connectivity index (χ4n) is 2.04. The number of aryl methyl sites for hydroxylation is 1. The predicted molar refractivity (Wildman–Crippen MR) is 71.3 cm³/mol. The molecule has 0 bridgehead atoms. The molecule has 0 heterocycles. The fourth-order valence-corrected chi connectivity index (χ4v) is 2.04. The Balaban J connectivity index is 2.21. The van der Waals surface area contributed by atoms with Crippen LogP contribution in [0.25, 0.3) is 0 Å². The Morgan fingerprint density at radius 2 is 1.63 bits per heavy atom. The van der Waals surface area contributed by atoms with E-state index in [1.165, 1.54) is 12.1 Å². The smallest absolute Gasteiger partial charge is 0.126 e. The zero-order valence-electron chi connectivity index (χ0n) is 10.7. The van der Waals surface area contributed by atoms with E-state index < -0.39 is 11.6 Å². The van der Waals surface area contributed by atoms with E-state index in [-0.39, 0.29) is 6.04 Å². The highest BCUT2D eigenvalue weighted by atomic mass is 19.1. The lowest BCUT2D eigenvalue weighted by Gasteiger charge is -2.16. The molecule has 19 heavy (non-hydrogen) atoms. The van der Waals surface area contributed by atoms with Crippen molar-refractivity contribution < 1.29 is 8.78 Å². The lowest BCUT2D eigenvalue weighted by atomic mass is 9.98. The summed E-state index contributed by atoms with van der Waals surface area (Å²) in [6.07, 6.45) is 0.425. The predicted octanol–water partition coefficient (Wildman–Crippen LogP) is 3.02. The Bertz CT molecular complexity index is 532. The molecule has 0 aliphatic carbocycles. The number of nitrogens with two attached hydrogens (primary N) is 1. The molecule has 0 amide bonds. The molecule has 1 unspecified atom stereocenters. The van der Waals surface area contributed by atoms with Crippen LogP contribution in [0.5, 0.6) is 0 Å². The third-order valence-corrected chi connectivity index (χ3v) is 3.04. The first-order valence-corrected chi connectivity index (χ1v) is 6.06. The number of nitrogens with one attached hydrogen (secondary N) is 1. The van der Waals surface area contributed by atoms with Crippen molar-refractivity contribution in [1.82, 2.24) is 5.43 Å². The molecule has 2 rings (SSSR count). The molecule has 2 nitrogen and oxygen atoms in total. The van der Waals surface area contributed by atoms with Crippen molar-refractivity contribution in [3.63, 3.8) is 0 Å². The van der Waals surface area contributed by atoms with Gasteiger partial charge in [0.15, 0.2) is 0 Å². The molecule has 3 N–H and O–H groups in total. The molecule has 2 aromatic carbocycles. The van der Waals surface area contributed by atoms with Crippen molar-refractivity contribution in [2.45, 2.75) is 19.4 Å². The maximum absolute atomic E-state index is 13.1. The molecular weight excluding hydrogens is 246 g/mol. The molecule has 0 fully saturated rings. The highest BCUT2D eigenvalue weighted by Crippen LogP contribution is 2.19. The summed E-state index contributed by atoms with van der Waals surface area (Å²) in [6.45, 7) is 2.00. The van der Waals surface area contributed by atoms with Gasteiger partial charge in [-0.25, -0.2) is 8.78 Å². The summed E-state index contributed by atoms with van der Waals surface area (Å²) in [5, 5.41) is 0. The first-order valence-electron chi connectivity index (χ1n) is 6.06. The van der Waals surface area contributed by atoms with Gasteiger partial charge in [0.1, 0.15) is 11.6 Å². The van der Waals surface area contributed by atoms with Crippen molar-refractivity contribution in [3.8, 4) is 0 Å². The minimum Gasteiger partial charge on any atom is -0.271 e. The Morgan fingerprint density at radius 1 is 1.05 bits per heavy atom. The van der Waals surface area contributed by atoms with Crippen LogP contribution in [0.3, 0.4) is 0 Å². The van der Waals surface area contributed by atoms with Crippen molar-refractivity contribution in [3.05, 3.63) is 70.8 Å².